The third kappa shape index (κ3) is 7.72. The number of carbonyl (C=O) groups is 2. The van der Waals surface area contributed by atoms with E-state index in [1.165, 1.54) is 67.6 Å². The molecule has 6 heteroatoms. The van der Waals surface area contributed by atoms with Crippen molar-refractivity contribution in [1.82, 2.24) is 0 Å². The van der Waals surface area contributed by atoms with Gasteiger partial charge in [0.25, 0.3) is 0 Å². The van der Waals surface area contributed by atoms with E-state index in [4.69, 9.17) is 24.5 Å². The van der Waals surface area contributed by atoms with E-state index in [2.05, 4.69) is 56.3 Å². The van der Waals surface area contributed by atoms with E-state index >= 15 is 0 Å². The number of piperidine rings is 1. The molecule has 1 heterocycles. The molecule has 2 N–H and O–H groups in total. The van der Waals surface area contributed by atoms with Crippen molar-refractivity contribution in [3.63, 3.8) is 0 Å². The molecule has 3 rings (SSSR count). The van der Waals surface area contributed by atoms with Gasteiger partial charge in [-0.15, -0.1) is 0 Å². The van der Waals surface area contributed by atoms with Crippen LogP contribution in [0.25, 0.3) is 0 Å². The Labute approximate surface area is 184 Å². The van der Waals surface area contributed by atoms with Gasteiger partial charge >= 0.3 is 5.97 Å². The number of carbonyl (C=O) groups excluding carboxylic acids is 1. The zero-order chi connectivity index (χ0) is 22.8. The number of nitrogens with one attached hydrogen (secondary N) is 1. The van der Waals surface area contributed by atoms with Crippen LogP contribution in [0.3, 0.4) is 0 Å². The number of carboxylic acid groups (broad SMARTS) is 2. The molecule has 168 valence electrons. The molecule has 0 saturated carbocycles. The zero-order valence-corrected chi connectivity index (χ0v) is 18.6. The van der Waals surface area contributed by atoms with Crippen LogP contribution in [0.5, 0.6) is 5.75 Å². The summed E-state index contributed by atoms with van der Waals surface area (Å²) >= 11 is 0. The Balaban J connectivity index is 0.000000501. The summed E-state index contributed by atoms with van der Waals surface area (Å²) in [7, 11) is 1.77. The minimum absolute atomic E-state index is 0.698. The molecular formula is C25H33NO5. The molecule has 2 aromatic carbocycles. The van der Waals surface area contributed by atoms with Crippen molar-refractivity contribution in [2.75, 3.05) is 26.7 Å². The third-order valence-corrected chi connectivity index (χ3v) is 5.79. The predicted octanol–water partition coefficient (Wildman–Crippen LogP) is 1.53. The number of hydrogen-bond donors (Lipinski definition) is 2. The Hall–Kier alpha value is -2.86. The number of likely N-dealkylation sites (tertiary alicyclic amines) is 1. The molecule has 0 radical (unpaired) electrons. The number of carboxylic acids is 2. The van der Waals surface area contributed by atoms with E-state index in [9.17, 15) is 0 Å². The van der Waals surface area contributed by atoms with E-state index in [1.807, 2.05) is 0 Å². The first-order chi connectivity index (χ1) is 14.8. The van der Waals surface area contributed by atoms with Crippen LogP contribution in [-0.4, -0.2) is 43.8 Å². The van der Waals surface area contributed by atoms with Crippen LogP contribution in [0.4, 0.5) is 0 Å². The van der Waals surface area contributed by atoms with E-state index in [0.717, 1.165) is 5.75 Å². The topological polar surface area (TPSA) is 91.1 Å². The first kappa shape index (κ1) is 24.4. The van der Waals surface area contributed by atoms with Crippen molar-refractivity contribution in [3.8, 4) is 5.75 Å². The fraction of sp³-hybridized carbons (Fsp3) is 0.440. The van der Waals surface area contributed by atoms with Gasteiger partial charge in [-0.2, -0.15) is 0 Å². The van der Waals surface area contributed by atoms with Gasteiger partial charge in [0.05, 0.1) is 26.7 Å². The molecule has 1 saturated heterocycles. The number of aryl methyl sites for hydroxylation is 3. The molecule has 0 bridgehead atoms. The van der Waals surface area contributed by atoms with Crippen LogP contribution in [0.15, 0.2) is 42.5 Å². The van der Waals surface area contributed by atoms with Gasteiger partial charge < -0.3 is 24.6 Å². The summed E-state index contributed by atoms with van der Waals surface area (Å²) < 4.78 is 5.53. The van der Waals surface area contributed by atoms with E-state index in [0.29, 0.717) is 5.92 Å². The van der Waals surface area contributed by atoms with Crippen LogP contribution >= 0.6 is 0 Å². The quantitative estimate of drug-likeness (QED) is 0.683. The molecule has 2 aromatic rings. The van der Waals surface area contributed by atoms with Crippen molar-refractivity contribution in [3.05, 3.63) is 64.7 Å². The second kappa shape index (κ2) is 12.1. The summed E-state index contributed by atoms with van der Waals surface area (Å²) in [5, 5.41) is 16.3. The molecule has 1 aliphatic heterocycles. The maximum absolute atomic E-state index is 9.04. The number of benzene rings is 2. The Morgan fingerprint density at radius 3 is 2.32 bits per heavy atom. The number of ether oxygens (including phenoxy) is 1. The lowest BCUT2D eigenvalue weighted by Gasteiger charge is -2.30. The van der Waals surface area contributed by atoms with Crippen molar-refractivity contribution in [2.24, 2.45) is 0 Å². The SMILES string of the molecule is COc1c(C)cc(C2CCC[NH+](CCCc3ccccc3)C2)cc1C.O=C([O-])C(=O)O. The number of methoxy groups -OCH3 is 1. The van der Waals surface area contributed by atoms with Gasteiger partial charge in [-0.1, -0.05) is 42.5 Å². The molecule has 2 atom stereocenters. The van der Waals surface area contributed by atoms with Gasteiger partial charge in [0.15, 0.2) is 5.97 Å². The Kier molecular flexibility index (Phi) is 9.53. The first-order valence-electron chi connectivity index (χ1n) is 10.8. The highest BCUT2D eigenvalue weighted by atomic mass is 16.5. The van der Waals surface area contributed by atoms with E-state index in [-0.39, 0.29) is 0 Å². The van der Waals surface area contributed by atoms with Crippen LogP contribution < -0.4 is 14.7 Å². The lowest BCUT2D eigenvalue weighted by Crippen LogP contribution is -3.13. The van der Waals surface area contributed by atoms with Crippen LogP contribution in [0.2, 0.25) is 0 Å². The molecule has 6 nitrogen and oxygen atoms in total. The maximum Gasteiger partial charge on any atom is 0.351 e. The molecule has 0 aromatic heterocycles. The third-order valence-electron chi connectivity index (χ3n) is 5.79. The van der Waals surface area contributed by atoms with Crippen LogP contribution in [0.1, 0.15) is 47.4 Å². The number of aliphatic carboxylic acids is 2. The molecule has 0 amide bonds. The summed E-state index contributed by atoms with van der Waals surface area (Å²) in [5.41, 5.74) is 5.52. The average Bonchev–Trinajstić information content (AvgIpc) is 2.75. The van der Waals surface area contributed by atoms with Gasteiger partial charge in [0.1, 0.15) is 5.75 Å². The summed E-state index contributed by atoms with van der Waals surface area (Å²) in [6.07, 6.45) is 5.16. The molecule has 1 fully saturated rings. The highest BCUT2D eigenvalue weighted by Crippen LogP contribution is 2.30. The molecule has 31 heavy (non-hydrogen) atoms. The Bertz CT molecular complexity index is 830. The van der Waals surface area contributed by atoms with Gasteiger partial charge in [0.2, 0.25) is 0 Å². The molecule has 0 spiro atoms. The Morgan fingerprint density at radius 1 is 1.16 bits per heavy atom. The van der Waals surface area contributed by atoms with Crippen LogP contribution in [0, 0.1) is 13.8 Å². The number of rotatable bonds is 6. The monoisotopic (exact) mass is 427 g/mol. The lowest BCUT2D eigenvalue weighted by atomic mass is 9.88. The van der Waals surface area contributed by atoms with Gasteiger partial charge in [-0.3, -0.25) is 0 Å². The smallest absolute Gasteiger partial charge is 0.351 e. The zero-order valence-electron chi connectivity index (χ0n) is 18.6. The fourth-order valence-corrected chi connectivity index (χ4v) is 4.39. The fourth-order valence-electron chi connectivity index (χ4n) is 4.39. The summed E-state index contributed by atoms with van der Waals surface area (Å²) in [4.78, 5) is 19.8. The normalized spacial score (nSPS) is 17.9. The maximum atomic E-state index is 9.04. The van der Waals surface area contributed by atoms with Crippen LogP contribution in [-0.2, 0) is 16.0 Å². The van der Waals surface area contributed by atoms with Crippen molar-refractivity contribution < 1.29 is 29.4 Å². The second-order valence-corrected chi connectivity index (χ2v) is 8.16. The molecule has 2 unspecified atom stereocenters. The van der Waals surface area contributed by atoms with Crippen molar-refractivity contribution >= 4 is 11.9 Å². The average molecular weight is 428 g/mol. The predicted molar refractivity (Wildman–Crippen MR) is 117 cm³/mol. The summed E-state index contributed by atoms with van der Waals surface area (Å²) in [6, 6.07) is 15.6. The number of quaternary nitrogens is 1. The molecule has 1 aliphatic rings. The lowest BCUT2D eigenvalue weighted by molar-refractivity contribution is -0.906. The number of hydrogen-bond acceptors (Lipinski definition) is 4. The minimum atomic E-state index is -2.07. The van der Waals surface area contributed by atoms with Gasteiger partial charge in [-0.05, 0) is 55.4 Å². The van der Waals surface area contributed by atoms with Crippen molar-refractivity contribution in [1.29, 1.82) is 0 Å². The van der Waals surface area contributed by atoms with Crippen molar-refractivity contribution in [2.45, 2.75) is 45.4 Å². The molecular weight excluding hydrogens is 394 g/mol. The highest BCUT2D eigenvalue weighted by molar-refractivity contribution is 6.26. The Morgan fingerprint density at radius 2 is 1.77 bits per heavy atom. The van der Waals surface area contributed by atoms with Gasteiger partial charge in [-0.25, -0.2) is 4.79 Å². The minimum Gasteiger partial charge on any atom is -0.539 e. The summed E-state index contributed by atoms with van der Waals surface area (Å²) in [6.45, 7) is 8.24. The summed E-state index contributed by atoms with van der Waals surface area (Å²) in [5.74, 6) is -2.26. The second-order valence-electron chi connectivity index (χ2n) is 8.16. The van der Waals surface area contributed by atoms with Gasteiger partial charge in [0, 0.05) is 12.3 Å². The standard InChI is InChI=1S/C23H31NO.C2H2O4/c1-18-15-22(16-19(2)23(18)25-3)21-12-8-14-24(17-21)13-7-11-20-9-5-4-6-10-20;3-1(4)2(5)6/h4-6,9-10,15-16,21H,7-8,11-14,17H2,1-3H3;(H,3,4)(H,5,6). The highest BCUT2D eigenvalue weighted by Gasteiger charge is 2.25. The van der Waals surface area contributed by atoms with E-state index < -0.39 is 11.9 Å². The largest absolute Gasteiger partial charge is 0.539 e. The first-order valence-corrected chi connectivity index (χ1v) is 10.8. The molecule has 0 aliphatic carbocycles. The van der Waals surface area contributed by atoms with E-state index in [1.54, 1.807) is 12.0 Å².